The van der Waals surface area contributed by atoms with Gasteiger partial charge in [-0.05, 0) is 55.2 Å². The van der Waals surface area contributed by atoms with Gasteiger partial charge in [-0.2, -0.15) is 26.3 Å². The van der Waals surface area contributed by atoms with E-state index in [9.17, 15) is 31.1 Å². The lowest BCUT2D eigenvalue weighted by molar-refractivity contribution is -0.143. The molecule has 1 unspecified atom stereocenters. The summed E-state index contributed by atoms with van der Waals surface area (Å²) in [4.78, 5) is 19.3. The fourth-order valence-corrected chi connectivity index (χ4v) is 5.50. The summed E-state index contributed by atoms with van der Waals surface area (Å²) < 4.78 is 92.0. The minimum Gasteiger partial charge on any atom is -0.382 e. The highest BCUT2D eigenvalue weighted by atomic mass is 35.5. The number of aryl methyl sites for hydroxylation is 2. The summed E-state index contributed by atoms with van der Waals surface area (Å²) in [6.45, 7) is 8.36. The Morgan fingerprint density at radius 2 is 1.48 bits per heavy atom. The molecule has 2 aliphatic heterocycles. The average molecular weight is 699 g/mol. The smallest absolute Gasteiger partial charge is 0.382 e. The van der Waals surface area contributed by atoms with Crippen LogP contribution in [0.1, 0.15) is 38.2 Å². The number of piperazine rings is 1. The molecule has 2 aromatic rings. The molecule has 14 heteroatoms. The molecule has 0 aromatic heterocycles. The first-order valence-electron chi connectivity index (χ1n) is 14.4. The number of halogens is 8. The molecule has 2 atom stereocenters. The number of carbonyl (C=O) groups is 1. The van der Waals surface area contributed by atoms with Crippen LogP contribution in [-0.2, 0) is 28.2 Å². The molecule has 0 radical (unpaired) electrons. The third kappa shape index (κ3) is 10.8. The highest BCUT2D eigenvalue weighted by molar-refractivity contribution is 5.95. The predicted octanol–water partition coefficient (Wildman–Crippen LogP) is 5.90. The van der Waals surface area contributed by atoms with Crippen molar-refractivity contribution in [3.8, 4) is 11.8 Å². The fraction of sp³-hybridized carbons (Fsp3) is 0.531. The second-order valence-electron chi connectivity index (χ2n) is 11.3. The van der Waals surface area contributed by atoms with Crippen LogP contribution in [0.15, 0.2) is 36.4 Å². The van der Waals surface area contributed by atoms with Crippen molar-refractivity contribution in [2.24, 2.45) is 0 Å². The number of nitrogens with zero attached hydrogens (tertiary/aromatic N) is 3. The molecule has 4 rings (SSSR count). The van der Waals surface area contributed by atoms with Gasteiger partial charge in [0.05, 0.1) is 43.5 Å². The molecule has 0 aliphatic carbocycles. The summed E-state index contributed by atoms with van der Waals surface area (Å²) in [6, 6.07) is 6.43. The van der Waals surface area contributed by atoms with Crippen molar-refractivity contribution < 1.29 is 40.6 Å². The molecule has 2 aliphatic rings. The van der Waals surface area contributed by atoms with Gasteiger partial charge in [0.1, 0.15) is 0 Å². The zero-order chi connectivity index (χ0) is 32.1. The third-order valence-electron chi connectivity index (χ3n) is 8.01. The number of rotatable bonds is 7. The highest BCUT2D eigenvalue weighted by Crippen LogP contribution is 2.37. The fourth-order valence-electron chi connectivity index (χ4n) is 5.50. The topological polar surface area (TPSA) is 45.2 Å². The van der Waals surface area contributed by atoms with E-state index in [1.165, 1.54) is 4.90 Å². The van der Waals surface area contributed by atoms with E-state index in [1.54, 1.807) is 7.11 Å². The van der Waals surface area contributed by atoms with Gasteiger partial charge >= 0.3 is 12.4 Å². The number of morpholine rings is 1. The van der Waals surface area contributed by atoms with E-state index in [4.69, 9.17) is 9.47 Å². The lowest BCUT2D eigenvalue weighted by Crippen LogP contribution is -2.56. The molecule has 0 spiro atoms. The zero-order valence-electron chi connectivity index (χ0n) is 25.8. The second-order valence-corrected chi connectivity index (χ2v) is 11.3. The third-order valence-corrected chi connectivity index (χ3v) is 8.01. The Balaban J connectivity index is 0.00000368. The number of hydrogen-bond donors (Lipinski definition) is 0. The molecule has 6 nitrogen and oxygen atoms in total. The molecule has 0 bridgehead atoms. The molecule has 46 heavy (non-hydrogen) atoms. The van der Waals surface area contributed by atoms with Gasteiger partial charge in [0, 0.05) is 51.4 Å². The first-order chi connectivity index (χ1) is 20.7. The van der Waals surface area contributed by atoms with Crippen molar-refractivity contribution in [1.29, 1.82) is 0 Å². The Kier molecular flexibility index (Phi) is 14.7. The van der Waals surface area contributed by atoms with E-state index in [2.05, 4.69) is 21.6 Å². The Labute approximate surface area is 278 Å². The van der Waals surface area contributed by atoms with E-state index >= 15 is 0 Å². The zero-order valence-corrected chi connectivity index (χ0v) is 27.5. The summed E-state index contributed by atoms with van der Waals surface area (Å²) in [6.07, 6.45) is -9.70. The van der Waals surface area contributed by atoms with Crippen molar-refractivity contribution in [3.05, 3.63) is 69.8 Å². The Morgan fingerprint density at radius 1 is 0.870 bits per heavy atom. The predicted molar refractivity (Wildman–Crippen MR) is 168 cm³/mol. The van der Waals surface area contributed by atoms with Crippen LogP contribution in [0, 0.1) is 25.7 Å². The standard InChI is InChI=1S/C32H37F6N3O3.2ClH/c1-22-6-7-24(14-23(22)2)15-28-19-39(8-4-5-9-40-12-13-44-29(20-40)21-43-3)10-11-41(28)30(42)25-16-26(31(33,34)35)18-27(17-25)32(36,37)38;;/h6-7,14,16-18,28-29H,8-13,15,19-21H2,1-3H3;2*1H/t28-,29?;;/m1../s1. The highest BCUT2D eigenvalue weighted by Gasteiger charge is 2.39. The minimum atomic E-state index is -5.04. The number of hydrogen-bond acceptors (Lipinski definition) is 5. The monoisotopic (exact) mass is 697 g/mol. The Bertz CT molecular complexity index is 1350. The van der Waals surface area contributed by atoms with Crippen molar-refractivity contribution >= 4 is 30.7 Å². The van der Waals surface area contributed by atoms with Gasteiger partial charge < -0.3 is 14.4 Å². The van der Waals surface area contributed by atoms with Gasteiger partial charge in [0.25, 0.3) is 5.91 Å². The molecule has 256 valence electrons. The molecule has 2 saturated heterocycles. The maximum atomic E-state index is 13.6. The maximum Gasteiger partial charge on any atom is 0.416 e. The van der Waals surface area contributed by atoms with Crippen LogP contribution >= 0.6 is 24.8 Å². The Morgan fingerprint density at radius 3 is 2.04 bits per heavy atom. The SMILES string of the molecule is COCC1CN(CC#CCN2CCN(C(=O)c3cc(C(F)(F)F)cc(C(F)(F)F)c3)[C@H](Cc3ccc(C)c(C)c3)C2)CCO1.Cl.Cl. The van der Waals surface area contributed by atoms with Crippen LogP contribution in [0.4, 0.5) is 26.3 Å². The number of methoxy groups -OCH3 is 1. The number of ether oxygens (including phenoxy) is 2. The molecule has 2 heterocycles. The molecule has 1 amide bonds. The molecular weight excluding hydrogens is 659 g/mol. The molecule has 2 aromatic carbocycles. The summed E-state index contributed by atoms with van der Waals surface area (Å²) in [7, 11) is 1.63. The normalized spacial score (nSPS) is 19.5. The number of amides is 1. The largest absolute Gasteiger partial charge is 0.416 e. The summed E-state index contributed by atoms with van der Waals surface area (Å²) in [5.74, 6) is 5.51. The molecule has 2 fully saturated rings. The van der Waals surface area contributed by atoms with Crippen LogP contribution in [0.25, 0.3) is 0 Å². The average Bonchev–Trinajstić information content (AvgIpc) is 2.96. The second kappa shape index (κ2) is 17.0. The first-order valence-corrected chi connectivity index (χ1v) is 14.4. The number of benzene rings is 2. The van der Waals surface area contributed by atoms with Crippen molar-refractivity contribution in [3.63, 3.8) is 0 Å². The van der Waals surface area contributed by atoms with Crippen LogP contribution in [0.3, 0.4) is 0 Å². The molecular formula is C32H39Cl2F6N3O3. The minimum absolute atomic E-state index is 0. The number of carbonyl (C=O) groups excluding carboxylic acids is 1. The quantitative estimate of drug-likeness (QED) is 0.266. The summed E-state index contributed by atoms with van der Waals surface area (Å²) in [5, 5.41) is 0. The lowest BCUT2D eigenvalue weighted by atomic mass is 9.97. The molecule has 0 N–H and O–H groups in total. The van der Waals surface area contributed by atoms with Gasteiger partial charge in [0.15, 0.2) is 0 Å². The van der Waals surface area contributed by atoms with Gasteiger partial charge in [0.2, 0.25) is 0 Å². The van der Waals surface area contributed by atoms with E-state index in [-0.39, 0.29) is 43.5 Å². The van der Waals surface area contributed by atoms with Crippen LogP contribution in [-0.4, -0.2) is 98.9 Å². The van der Waals surface area contributed by atoms with E-state index in [0.29, 0.717) is 64.5 Å². The van der Waals surface area contributed by atoms with Crippen molar-refractivity contribution in [1.82, 2.24) is 14.7 Å². The maximum absolute atomic E-state index is 13.6. The van der Waals surface area contributed by atoms with E-state index < -0.39 is 41.0 Å². The van der Waals surface area contributed by atoms with Crippen molar-refractivity contribution in [2.75, 3.05) is 66.1 Å². The summed E-state index contributed by atoms with van der Waals surface area (Å²) >= 11 is 0. The van der Waals surface area contributed by atoms with Gasteiger partial charge in [-0.15, -0.1) is 24.8 Å². The first kappa shape index (κ1) is 39.6. The lowest BCUT2D eigenvalue weighted by Gasteiger charge is -2.41. The van der Waals surface area contributed by atoms with Crippen LogP contribution in [0.5, 0.6) is 0 Å². The van der Waals surface area contributed by atoms with Crippen molar-refractivity contribution in [2.45, 2.75) is 44.8 Å². The van der Waals surface area contributed by atoms with Crippen LogP contribution in [0.2, 0.25) is 0 Å². The van der Waals surface area contributed by atoms with Gasteiger partial charge in [-0.25, -0.2) is 0 Å². The van der Waals surface area contributed by atoms with E-state index in [0.717, 1.165) is 23.2 Å². The van der Waals surface area contributed by atoms with E-state index in [1.807, 2.05) is 32.0 Å². The van der Waals surface area contributed by atoms with Crippen LogP contribution < -0.4 is 0 Å². The van der Waals surface area contributed by atoms with Gasteiger partial charge in [-0.3, -0.25) is 14.6 Å². The molecule has 0 saturated carbocycles. The summed E-state index contributed by atoms with van der Waals surface area (Å²) in [5.41, 5.74) is -0.611. The Hall–Kier alpha value is -2.53. The van der Waals surface area contributed by atoms with Gasteiger partial charge in [-0.1, -0.05) is 30.0 Å². The number of alkyl halides is 6.